The Labute approximate surface area is 76.2 Å². The molecule has 2 heteroatoms. The molecular formula is C9H12BrN. The Balaban J connectivity index is 2.91. The Morgan fingerprint density at radius 3 is 2.73 bits per heavy atom. The van der Waals surface area contributed by atoms with Gasteiger partial charge in [0.2, 0.25) is 0 Å². The van der Waals surface area contributed by atoms with E-state index in [-0.39, 0.29) is 0 Å². The first kappa shape index (κ1) is 8.60. The highest BCUT2D eigenvalue weighted by Gasteiger charge is 2.09. The quantitative estimate of drug-likeness (QED) is 0.648. The van der Waals surface area contributed by atoms with Crippen molar-refractivity contribution in [2.75, 3.05) is 7.05 Å². The summed E-state index contributed by atoms with van der Waals surface area (Å²) in [6, 6.07) is 0. The third-order valence-corrected chi connectivity index (χ3v) is 2.42. The fraction of sp³-hybridized carbons (Fsp3) is 0.333. The van der Waals surface area contributed by atoms with Crippen molar-refractivity contribution in [1.82, 2.24) is 4.90 Å². The average molecular weight is 214 g/mol. The molecule has 11 heavy (non-hydrogen) atoms. The molecule has 0 aromatic heterocycles. The number of hydrogen-bond donors (Lipinski definition) is 0. The van der Waals surface area contributed by atoms with E-state index in [1.807, 2.05) is 18.1 Å². The maximum absolute atomic E-state index is 3.97. The van der Waals surface area contributed by atoms with E-state index in [9.17, 15) is 0 Å². The number of rotatable bonds is 1. The van der Waals surface area contributed by atoms with Gasteiger partial charge in [0.25, 0.3) is 0 Å². The monoisotopic (exact) mass is 213 g/mol. The fourth-order valence-corrected chi connectivity index (χ4v) is 1.65. The molecule has 0 bridgehead atoms. The van der Waals surface area contributed by atoms with Crippen LogP contribution in [0.15, 0.2) is 34.6 Å². The second-order valence-electron chi connectivity index (χ2n) is 2.63. The first-order valence-electron chi connectivity index (χ1n) is 3.64. The van der Waals surface area contributed by atoms with Crippen LogP contribution in [0.3, 0.4) is 0 Å². The minimum Gasteiger partial charge on any atom is -0.356 e. The Hall–Kier alpha value is -0.500. The Morgan fingerprint density at radius 1 is 1.55 bits per heavy atom. The van der Waals surface area contributed by atoms with Crippen molar-refractivity contribution in [2.45, 2.75) is 13.3 Å². The van der Waals surface area contributed by atoms with Gasteiger partial charge in [0.1, 0.15) is 0 Å². The highest BCUT2D eigenvalue weighted by atomic mass is 79.9. The molecule has 0 aromatic rings. The number of halogens is 1. The van der Waals surface area contributed by atoms with E-state index in [0.717, 1.165) is 16.5 Å². The van der Waals surface area contributed by atoms with Crippen molar-refractivity contribution < 1.29 is 0 Å². The average Bonchev–Trinajstić information content (AvgIpc) is 1.96. The maximum atomic E-state index is 3.97. The summed E-state index contributed by atoms with van der Waals surface area (Å²) in [5.41, 5.74) is 2.40. The zero-order valence-corrected chi connectivity index (χ0v) is 8.48. The molecular weight excluding hydrogens is 202 g/mol. The number of hydrogen-bond acceptors (Lipinski definition) is 1. The molecule has 0 atom stereocenters. The van der Waals surface area contributed by atoms with Gasteiger partial charge in [-0.05, 0) is 33.5 Å². The van der Waals surface area contributed by atoms with Crippen LogP contribution in [0.25, 0.3) is 0 Å². The summed E-state index contributed by atoms with van der Waals surface area (Å²) in [5, 5.41) is 0. The van der Waals surface area contributed by atoms with Gasteiger partial charge >= 0.3 is 0 Å². The van der Waals surface area contributed by atoms with E-state index >= 15 is 0 Å². The zero-order chi connectivity index (χ0) is 8.43. The zero-order valence-electron chi connectivity index (χ0n) is 6.89. The van der Waals surface area contributed by atoms with Crippen molar-refractivity contribution in [3.63, 3.8) is 0 Å². The lowest BCUT2D eigenvalue weighted by Crippen LogP contribution is -2.09. The summed E-state index contributed by atoms with van der Waals surface area (Å²) in [6.45, 7) is 6.11. The SMILES string of the molecule is C=C1C(Br)=CN(C)C=C1CC. The van der Waals surface area contributed by atoms with Crippen LogP contribution in [-0.4, -0.2) is 11.9 Å². The van der Waals surface area contributed by atoms with Crippen molar-refractivity contribution >= 4 is 15.9 Å². The molecule has 60 valence electrons. The molecule has 1 aliphatic rings. The van der Waals surface area contributed by atoms with Crippen LogP contribution in [-0.2, 0) is 0 Å². The molecule has 0 fully saturated rings. The van der Waals surface area contributed by atoms with Gasteiger partial charge < -0.3 is 4.90 Å². The van der Waals surface area contributed by atoms with Gasteiger partial charge in [-0.2, -0.15) is 0 Å². The lowest BCUT2D eigenvalue weighted by Gasteiger charge is -2.20. The molecule has 0 aliphatic carbocycles. The van der Waals surface area contributed by atoms with Crippen LogP contribution < -0.4 is 0 Å². The Kier molecular flexibility index (Phi) is 2.55. The topological polar surface area (TPSA) is 3.24 Å². The molecule has 0 aromatic carbocycles. The molecule has 0 radical (unpaired) electrons. The lowest BCUT2D eigenvalue weighted by atomic mass is 10.0. The summed E-state index contributed by atoms with van der Waals surface area (Å²) in [7, 11) is 2.02. The maximum Gasteiger partial charge on any atom is 0.0407 e. The predicted molar refractivity (Wildman–Crippen MR) is 52.3 cm³/mol. The van der Waals surface area contributed by atoms with Gasteiger partial charge in [0.05, 0.1) is 0 Å². The summed E-state index contributed by atoms with van der Waals surface area (Å²) in [5.74, 6) is 0. The molecule has 1 heterocycles. The second-order valence-corrected chi connectivity index (χ2v) is 3.48. The first-order chi connectivity index (χ1) is 5.15. The number of nitrogens with zero attached hydrogens (tertiary/aromatic N) is 1. The van der Waals surface area contributed by atoms with Crippen LogP contribution in [0.4, 0.5) is 0 Å². The van der Waals surface area contributed by atoms with Gasteiger partial charge in [-0.3, -0.25) is 0 Å². The van der Waals surface area contributed by atoms with E-state index in [2.05, 4.69) is 35.6 Å². The molecule has 0 spiro atoms. The number of allylic oxidation sites excluding steroid dienone is 3. The van der Waals surface area contributed by atoms with Gasteiger partial charge in [-0.15, -0.1) is 0 Å². The molecule has 0 saturated heterocycles. The van der Waals surface area contributed by atoms with Crippen molar-refractivity contribution in [1.29, 1.82) is 0 Å². The highest BCUT2D eigenvalue weighted by Crippen LogP contribution is 2.28. The van der Waals surface area contributed by atoms with E-state index in [4.69, 9.17) is 0 Å². The van der Waals surface area contributed by atoms with Crippen LogP contribution in [0.5, 0.6) is 0 Å². The van der Waals surface area contributed by atoms with Crippen molar-refractivity contribution in [3.8, 4) is 0 Å². The van der Waals surface area contributed by atoms with E-state index in [0.29, 0.717) is 0 Å². The summed E-state index contributed by atoms with van der Waals surface area (Å²) in [4.78, 5) is 2.04. The molecule has 0 N–H and O–H groups in total. The minimum atomic E-state index is 1.03. The lowest BCUT2D eigenvalue weighted by molar-refractivity contribution is 0.608. The molecule has 1 nitrogen and oxygen atoms in total. The van der Waals surface area contributed by atoms with Crippen LogP contribution in [0, 0.1) is 0 Å². The van der Waals surface area contributed by atoms with E-state index in [1.165, 1.54) is 5.57 Å². The summed E-state index contributed by atoms with van der Waals surface area (Å²) < 4.78 is 1.08. The highest BCUT2D eigenvalue weighted by molar-refractivity contribution is 9.12. The third kappa shape index (κ3) is 1.74. The fourth-order valence-electron chi connectivity index (χ4n) is 1.08. The molecule has 1 aliphatic heterocycles. The van der Waals surface area contributed by atoms with Crippen LogP contribution >= 0.6 is 15.9 Å². The second kappa shape index (κ2) is 3.26. The summed E-state index contributed by atoms with van der Waals surface area (Å²) >= 11 is 3.45. The van der Waals surface area contributed by atoms with Gasteiger partial charge in [-0.1, -0.05) is 13.5 Å². The predicted octanol–water partition coefficient (Wildman–Crippen LogP) is 3.02. The molecule has 0 amide bonds. The molecule has 0 saturated carbocycles. The molecule has 0 unspecified atom stereocenters. The van der Waals surface area contributed by atoms with Gasteiger partial charge in [0, 0.05) is 23.9 Å². The van der Waals surface area contributed by atoms with Gasteiger partial charge in [0.15, 0.2) is 0 Å². The van der Waals surface area contributed by atoms with E-state index in [1.54, 1.807) is 0 Å². The largest absolute Gasteiger partial charge is 0.356 e. The normalized spacial score (nSPS) is 18.1. The van der Waals surface area contributed by atoms with Crippen LogP contribution in [0.2, 0.25) is 0 Å². The van der Waals surface area contributed by atoms with Crippen molar-refractivity contribution in [2.24, 2.45) is 0 Å². The van der Waals surface area contributed by atoms with E-state index < -0.39 is 0 Å². The third-order valence-electron chi connectivity index (χ3n) is 1.73. The first-order valence-corrected chi connectivity index (χ1v) is 4.44. The van der Waals surface area contributed by atoms with Crippen molar-refractivity contribution in [3.05, 3.63) is 34.6 Å². The molecule has 1 rings (SSSR count). The smallest absolute Gasteiger partial charge is 0.0407 e. The van der Waals surface area contributed by atoms with Crippen LogP contribution in [0.1, 0.15) is 13.3 Å². The van der Waals surface area contributed by atoms with Gasteiger partial charge in [-0.25, -0.2) is 0 Å². The standard InChI is InChI=1S/C9H12BrN/c1-4-8-5-11(3)6-9(10)7(8)2/h5-6H,2,4H2,1,3H3. The Bertz CT molecular complexity index is 238. The summed E-state index contributed by atoms with van der Waals surface area (Å²) in [6.07, 6.45) is 5.15. The minimum absolute atomic E-state index is 1.03. The Morgan fingerprint density at radius 2 is 2.18 bits per heavy atom.